The van der Waals surface area contributed by atoms with Crippen molar-refractivity contribution < 1.29 is 9.53 Å². The molecule has 98 valence electrons. The number of carbonyl (C=O) groups excluding carboxylic acids is 1. The molecular weight excluding hydrogens is 224 g/mol. The van der Waals surface area contributed by atoms with E-state index in [4.69, 9.17) is 4.74 Å². The van der Waals surface area contributed by atoms with Crippen molar-refractivity contribution in [2.75, 3.05) is 6.61 Å². The van der Waals surface area contributed by atoms with Gasteiger partial charge in [-0.15, -0.1) is 0 Å². The first-order valence-corrected chi connectivity index (χ1v) is 6.68. The van der Waals surface area contributed by atoms with Crippen LogP contribution in [0.3, 0.4) is 0 Å². The molecule has 0 unspecified atom stereocenters. The van der Waals surface area contributed by atoms with E-state index in [9.17, 15) is 4.79 Å². The van der Waals surface area contributed by atoms with Gasteiger partial charge < -0.3 is 4.74 Å². The van der Waals surface area contributed by atoms with E-state index in [1.807, 2.05) is 0 Å². The van der Waals surface area contributed by atoms with E-state index < -0.39 is 0 Å². The summed E-state index contributed by atoms with van der Waals surface area (Å²) in [7, 11) is 0. The average molecular weight is 246 g/mol. The van der Waals surface area contributed by atoms with E-state index in [2.05, 4.69) is 48.6 Å². The first-order valence-electron chi connectivity index (χ1n) is 6.68. The normalized spacial score (nSPS) is 19.4. The predicted molar refractivity (Wildman–Crippen MR) is 75.2 cm³/mol. The molecule has 0 aromatic heterocycles. The van der Waals surface area contributed by atoms with Gasteiger partial charge in [-0.3, -0.25) is 4.79 Å². The van der Waals surface area contributed by atoms with Crippen LogP contribution >= 0.6 is 0 Å². The first-order chi connectivity index (χ1) is 8.89. The number of cyclic esters (lactones) is 1. The van der Waals surface area contributed by atoms with Crippen LogP contribution in [0.5, 0.6) is 0 Å². The number of esters is 1. The average Bonchev–Trinajstić information content (AvgIpc) is 3.07. The Balaban J connectivity index is 0.000000141. The van der Waals surface area contributed by atoms with Gasteiger partial charge in [0, 0.05) is 6.42 Å². The third-order valence-corrected chi connectivity index (χ3v) is 2.60. The smallest absolute Gasteiger partial charge is 0.305 e. The van der Waals surface area contributed by atoms with Crippen molar-refractivity contribution in [1.82, 2.24) is 0 Å². The van der Waals surface area contributed by atoms with Crippen molar-refractivity contribution in [3.05, 3.63) is 48.6 Å². The molecule has 3 rings (SSSR count). The molecule has 3 aliphatic rings. The highest BCUT2D eigenvalue weighted by atomic mass is 16.5. The molecule has 0 saturated carbocycles. The van der Waals surface area contributed by atoms with Gasteiger partial charge in [0.15, 0.2) is 0 Å². The van der Waals surface area contributed by atoms with E-state index in [0.717, 1.165) is 32.1 Å². The van der Waals surface area contributed by atoms with Gasteiger partial charge in [-0.25, -0.2) is 0 Å². The Hall–Kier alpha value is -1.57. The number of carbonyl (C=O) groups is 1. The summed E-state index contributed by atoms with van der Waals surface area (Å²) < 4.78 is 4.76. The summed E-state index contributed by atoms with van der Waals surface area (Å²) in [5, 5.41) is 0. The monoisotopic (exact) mass is 246 g/mol. The highest BCUT2D eigenvalue weighted by Gasteiger charge is 2.05. The van der Waals surface area contributed by atoms with Crippen molar-refractivity contribution in [2.24, 2.45) is 0 Å². The maximum Gasteiger partial charge on any atom is 0.305 e. The molecular formula is C16H22O2. The molecule has 0 bridgehead atoms. The molecule has 0 spiro atoms. The maximum absolute atomic E-state index is 10.5. The van der Waals surface area contributed by atoms with Crippen LogP contribution in [0, 0.1) is 0 Å². The van der Waals surface area contributed by atoms with Crippen molar-refractivity contribution in [1.29, 1.82) is 0 Å². The maximum atomic E-state index is 10.5. The summed E-state index contributed by atoms with van der Waals surface area (Å²) in [5.74, 6) is -0.0255. The lowest BCUT2D eigenvalue weighted by atomic mass is 10.2. The first kappa shape index (κ1) is 14.5. The van der Waals surface area contributed by atoms with Gasteiger partial charge in [0.05, 0.1) is 6.61 Å². The SMILES string of the molecule is C1=CCC=C1.C1=CCC=C1.O=C1CCCCCO1. The molecule has 2 aliphatic carbocycles. The highest BCUT2D eigenvalue weighted by molar-refractivity contribution is 5.69. The van der Waals surface area contributed by atoms with Crippen LogP contribution in [-0.4, -0.2) is 12.6 Å². The molecule has 2 heteroatoms. The van der Waals surface area contributed by atoms with Gasteiger partial charge in [-0.2, -0.15) is 0 Å². The lowest BCUT2D eigenvalue weighted by molar-refractivity contribution is -0.142. The zero-order chi connectivity index (χ0) is 12.9. The molecule has 0 aromatic rings. The molecule has 0 aromatic carbocycles. The Bertz CT molecular complexity index is 283. The van der Waals surface area contributed by atoms with Crippen molar-refractivity contribution in [2.45, 2.75) is 38.5 Å². The quantitative estimate of drug-likeness (QED) is 0.601. The fourth-order valence-electron chi connectivity index (χ4n) is 1.59. The predicted octanol–water partition coefficient (Wildman–Crippen LogP) is 4.11. The van der Waals surface area contributed by atoms with Crippen LogP contribution in [-0.2, 0) is 9.53 Å². The summed E-state index contributed by atoms with van der Waals surface area (Å²) in [6.07, 6.45) is 22.8. The van der Waals surface area contributed by atoms with E-state index >= 15 is 0 Å². The number of rotatable bonds is 0. The Kier molecular flexibility index (Phi) is 8.51. The molecule has 0 N–H and O–H groups in total. The molecule has 2 nitrogen and oxygen atoms in total. The van der Waals surface area contributed by atoms with E-state index in [1.54, 1.807) is 0 Å². The van der Waals surface area contributed by atoms with Crippen LogP contribution in [0.15, 0.2) is 48.6 Å². The van der Waals surface area contributed by atoms with Gasteiger partial charge in [-0.1, -0.05) is 48.6 Å². The lowest BCUT2D eigenvalue weighted by Crippen LogP contribution is -2.00. The minimum atomic E-state index is -0.0255. The summed E-state index contributed by atoms with van der Waals surface area (Å²) in [5.41, 5.74) is 0. The summed E-state index contributed by atoms with van der Waals surface area (Å²) in [4.78, 5) is 10.5. The molecule has 1 aliphatic heterocycles. The van der Waals surface area contributed by atoms with Crippen LogP contribution in [0.4, 0.5) is 0 Å². The van der Waals surface area contributed by atoms with Crippen LogP contribution in [0.1, 0.15) is 38.5 Å². The third-order valence-electron chi connectivity index (χ3n) is 2.60. The van der Waals surface area contributed by atoms with Crippen LogP contribution < -0.4 is 0 Å². The fraction of sp³-hybridized carbons (Fsp3) is 0.438. The number of hydrogen-bond donors (Lipinski definition) is 0. The number of ether oxygens (including phenoxy) is 1. The van der Waals surface area contributed by atoms with Gasteiger partial charge in [0.1, 0.15) is 0 Å². The second-order valence-electron chi connectivity index (χ2n) is 4.22. The molecule has 0 radical (unpaired) electrons. The molecule has 1 heterocycles. The van der Waals surface area contributed by atoms with E-state index in [1.165, 1.54) is 0 Å². The molecule has 0 amide bonds. The minimum absolute atomic E-state index is 0.0255. The second kappa shape index (κ2) is 10.6. The molecule has 18 heavy (non-hydrogen) atoms. The van der Waals surface area contributed by atoms with E-state index in [-0.39, 0.29) is 5.97 Å². The van der Waals surface area contributed by atoms with Crippen molar-refractivity contribution >= 4 is 5.97 Å². The van der Waals surface area contributed by atoms with Gasteiger partial charge in [-0.05, 0) is 32.1 Å². The molecule has 1 fully saturated rings. The second-order valence-corrected chi connectivity index (χ2v) is 4.22. The fourth-order valence-corrected chi connectivity index (χ4v) is 1.59. The lowest BCUT2D eigenvalue weighted by Gasteiger charge is -1.93. The Labute approximate surface area is 110 Å². The summed E-state index contributed by atoms with van der Waals surface area (Å²) in [6, 6.07) is 0. The van der Waals surface area contributed by atoms with Gasteiger partial charge in [0.2, 0.25) is 0 Å². The molecule has 0 atom stereocenters. The Morgan fingerprint density at radius 1 is 0.778 bits per heavy atom. The zero-order valence-electron chi connectivity index (χ0n) is 10.9. The van der Waals surface area contributed by atoms with Crippen LogP contribution in [0.2, 0.25) is 0 Å². The number of hydrogen-bond acceptors (Lipinski definition) is 2. The summed E-state index contributed by atoms with van der Waals surface area (Å²) >= 11 is 0. The van der Waals surface area contributed by atoms with Crippen molar-refractivity contribution in [3.63, 3.8) is 0 Å². The highest BCUT2D eigenvalue weighted by Crippen LogP contribution is 2.06. The minimum Gasteiger partial charge on any atom is -0.466 e. The standard InChI is InChI=1S/C6H10O2.2C5H6/c7-6-4-2-1-3-5-8-6;2*1-2-4-5-3-1/h1-5H2;2*1-4H,5H2. The summed E-state index contributed by atoms with van der Waals surface area (Å²) in [6.45, 7) is 0.638. The Morgan fingerprint density at radius 2 is 1.33 bits per heavy atom. The topological polar surface area (TPSA) is 26.3 Å². The Morgan fingerprint density at radius 3 is 1.78 bits per heavy atom. The van der Waals surface area contributed by atoms with E-state index in [0.29, 0.717) is 13.0 Å². The van der Waals surface area contributed by atoms with Crippen molar-refractivity contribution in [3.8, 4) is 0 Å². The largest absolute Gasteiger partial charge is 0.466 e. The van der Waals surface area contributed by atoms with Gasteiger partial charge in [0.25, 0.3) is 0 Å². The number of allylic oxidation sites excluding steroid dienone is 8. The van der Waals surface area contributed by atoms with Crippen LogP contribution in [0.25, 0.3) is 0 Å². The van der Waals surface area contributed by atoms with Gasteiger partial charge >= 0.3 is 5.97 Å². The zero-order valence-corrected chi connectivity index (χ0v) is 10.9. The molecule has 1 saturated heterocycles. The third kappa shape index (κ3) is 8.57.